The minimum atomic E-state index is -4.51. The molecule has 0 aliphatic heterocycles. The molecule has 0 radical (unpaired) electrons. The van der Waals surface area contributed by atoms with E-state index < -0.39 is 28.7 Å². The van der Waals surface area contributed by atoms with Gasteiger partial charge in [-0.05, 0) is 122 Å². The van der Waals surface area contributed by atoms with Gasteiger partial charge in [0.1, 0.15) is 24.9 Å². The van der Waals surface area contributed by atoms with Gasteiger partial charge in [-0.3, -0.25) is 9.59 Å². The van der Waals surface area contributed by atoms with Gasteiger partial charge in [-0.15, -0.1) is 0 Å². The number of hydrogen-bond donors (Lipinski definition) is 1. The zero-order chi connectivity index (χ0) is 38.1. The van der Waals surface area contributed by atoms with E-state index in [2.05, 4.69) is 39.8 Å². The second kappa shape index (κ2) is 12.6. The van der Waals surface area contributed by atoms with Crippen molar-refractivity contribution in [1.82, 2.24) is 0 Å². The molecule has 7 nitrogen and oxygen atoms in total. The van der Waals surface area contributed by atoms with Crippen LogP contribution in [-0.4, -0.2) is 36.0 Å². The number of ketones is 1. The van der Waals surface area contributed by atoms with Crippen LogP contribution in [0.4, 0.5) is 13.2 Å². The average Bonchev–Trinajstić information content (AvgIpc) is 3.10. The third-order valence-electron chi connectivity index (χ3n) is 13.8. The Hall–Kier alpha value is -4.39. The Kier molecular flexibility index (Phi) is 9.08. The van der Waals surface area contributed by atoms with E-state index in [1.165, 1.54) is 5.57 Å². The number of carbonyl (C=O) groups excluding carboxylic acids is 3. The summed E-state index contributed by atoms with van der Waals surface area (Å²) >= 11 is 0. The highest BCUT2D eigenvalue weighted by Crippen LogP contribution is 2.75. The number of fused-ring (bicyclic) bond motifs is 7. The summed E-state index contributed by atoms with van der Waals surface area (Å²) in [6.07, 6.45) is 8.48. The molecule has 1 aromatic carbocycles. The van der Waals surface area contributed by atoms with Crippen LogP contribution in [0.15, 0.2) is 76.1 Å². The number of aliphatic hydroxyl groups excluding tert-OH is 1. The van der Waals surface area contributed by atoms with Crippen LogP contribution in [-0.2, 0) is 30.0 Å². The molecule has 0 aromatic heterocycles. The van der Waals surface area contributed by atoms with Crippen molar-refractivity contribution in [2.75, 3.05) is 13.2 Å². The van der Waals surface area contributed by atoms with E-state index in [-0.39, 0.29) is 63.9 Å². The number of carbonyl (C=O) groups is 3. The highest BCUT2D eigenvalue weighted by molar-refractivity contribution is 6.06. The first-order chi connectivity index (χ1) is 24.2. The normalized spacial score (nSPS) is 34.3. The van der Waals surface area contributed by atoms with Crippen LogP contribution >= 0.6 is 0 Å². The van der Waals surface area contributed by atoms with Crippen molar-refractivity contribution in [1.29, 1.82) is 5.26 Å². The molecule has 10 heteroatoms. The molecule has 6 atom stereocenters. The summed E-state index contributed by atoms with van der Waals surface area (Å²) in [5.41, 5.74) is 1.41. The van der Waals surface area contributed by atoms with Crippen molar-refractivity contribution in [3.63, 3.8) is 0 Å². The van der Waals surface area contributed by atoms with Gasteiger partial charge in [-0.2, -0.15) is 18.4 Å². The van der Waals surface area contributed by atoms with Crippen LogP contribution < -0.4 is 0 Å². The fourth-order valence-corrected chi connectivity index (χ4v) is 10.2. The van der Waals surface area contributed by atoms with Crippen LogP contribution in [0.25, 0.3) is 6.08 Å². The second-order valence-corrected chi connectivity index (χ2v) is 16.7. The molecule has 3 saturated carbocycles. The lowest BCUT2D eigenvalue weighted by atomic mass is 9.34. The Balaban J connectivity index is 1.14. The highest BCUT2D eigenvalue weighted by Gasteiger charge is 2.67. The maximum Gasteiger partial charge on any atom is 0.416 e. The van der Waals surface area contributed by atoms with Gasteiger partial charge in [0.25, 0.3) is 0 Å². The third kappa shape index (κ3) is 5.85. The second-order valence-electron chi connectivity index (χ2n) is 16.7. The first-order valence-corrected chi connectivity index (χ1v) is 18.0. The number of aliphatic hydroxyl groups is 1. The summed E-state index contributed by atoms with van der Waals surface area (Å²) < 4.78 is 49.5. The lowest BCUT2D eigenvalue weighted by Gasteiger charge is -2.70. The molecule has 3 fully saturated rings. The number of nitrogens with zero attached hydrogens (tertiary/aromatic N) is 1. The maximum absolute atomic E-state index is 13.8. The number of halogens is 3. The molecule has 276 valence electrons. The largest absolute Gasteiger partial charge is 0.504 e. The summed E-state index contributed by atoms with van der Waals surface area (Å²) in [5, 5.41) is 19.9. The van der Waals surface area contributed by atoms with Gasteiger partial charge in [-0.25, -0.2) is 4.79 Å². The fourth-order valence-electron chi connectivity index (χ4n) is 10.2. The molecule has 0 saturated heterocycles. The topological polar surface area (TPSA) is 114 Å². The van der Waals surface area contributed by atoms with Gasteiger partial charge < -0.3 is 14.6 Å². The van der Waals surface area contributed by atoms with Gasteiger partial charge in [0.2, 0.25) is 5.78 Å². The van der Waals surface area contributed by atoms with Crippen LogP contribution in [0.1, 0.15) is 97.6 Å². The van der Waals surface area contributed by atoms with E-state index in [1.807, 2.05) is 6.92 Å². The first-order valence-electron chi connectivity index (χ1n) is 18.0. The number of esters is 2. The zero-order valence-corrected chi connectivity index (χ0v) is 30.6. The molecule has 0 amide bonds. The fraction of sp³-hybridized carbons (Fsp3) is 0.524. The first kappa shape index (κ1) is 37.4. The van der Waals surface area contributed by atoms with Crippen molar-refractivity contribution in [3.05, 3.63) is 87.2 Å². The van der Waals surface area contributed by atoms with Crippen LogP contribution in [0, 0.1) is 44.3 Å². The van der Waals surface area contributed by atoms with Crippen molar-refractivity contribution in [2.24, 2.45) is 33.0 Å². The van der Waals surface area contributed by atoms with Crippen molar-refractivity contribution in [3.8, 4) is 6.07 Å². The van der Waals surface area contributed by atoms with E-state index in [1.54, 1.807) is 19.1 Å². The molecule has 6 rings (SSSR count). The third-order valence-corrected chi connectivity index (χ3v) is 13.8. The molecular weight excluding hydrogens is 671 g/mol. The summed E-state index contributed by atoms with van der Waals surface area (Å²) in [4.78, 5) is 39.1. The lowest BCUT2D eigenvalue weighted by molar-refractivity contribution is -0.183. The van der Waals surface area contributed by atoms with Crippen LogP contribution in [0.2, 0.25) is 0 Å². The van der Waals surface area contributed by atoms with E-state index in [0.29, 0.717) is 18.4 Å². The van der Waals surface area contributed by atoms with Crippen molar-refractivity contribution in [2.45, 2.75) is 92.7 Å². The van der Waals surface area contributed by atoms with E-state index >= 15 is 0 Å². The Morgan fingerprint density at radius 3 is 2.27 bits per heavy atom. The van der Waals surface area contributed by atoms with Gasteiger partial charge in [-0.1, -0.05) is 57.6 Å². The van der Waals surface area contributed by atoms with Gasteiger partial charge in [0.15, 0.2) is 5.76 Å². The number of rotatable bonds is 6. The number of benzene rings is 1. The minimum absolute atomic E-state index is 0.0336. The molecule has 0 bridgehead atoms. The van der Waals surface area contributed by atoms with E-state index in [0.717, 1.165) is 73.6 Å². The zero-order valence-electron chi connectivity index (χ0n) is 30.6. The van der Waals surface area contributed by atoms with Crippen molar-refractivity contribution >= 4 is 23.8 Å². The molecule has 1 N–H and O–H groups in total. The number of ether oxygens (including phenoxy) is 2. The quantitative estimate of drug-likeness (QED) is 0.135. The minimum Gasteiger partial charge on any atom is -0.504 e. The molecular formula is C42H46F3NO6. The van der Waals surface area contributed by atoms with Crippen molar-refractivity contribution < 1.29 is 42.1 Å². The summed E-state index contributed by atoms with van der Waals surface area (Å²) in [6.45, 7) is 12.6. The Morgan fingerprint density at radius 1 is 0.962 bits per heavy atom. The number of nitriles is 1. The smallest absolute Gasteiger partial charge is 0.416 e. The summed E-state index contributed by atoms with van der Waals surface area (Å²) in [7, 11) is 0. The molecule has 0 unspecified atom stereocenters. The standard InChI is InChI=1S/C42H46F3NO6/c1-25-29-11-12-32-39(4,30(29)22-31(47)34(25)48)16-18-41(6)33-23-38(3,14-13-37(33,2)15-17-40(32,41)5)36(50)52-20-19-51-35(49)27(24-46)21-26-7-9-28(10-8-26)42(43,44)45/h7-12,21-22,33,48H,13-20,23H2,1-6H3/b27-21+/t33-,37-,38-,39+,40-,41+/m1/s1. The number of allylic oxidation sites excluding steroid dienone is 7. The molecule has 5 aliphatic rings. The van der Waals surface area contributed by atoms with Gasteiger partial charge >= 0.3 is 18.1 Å². The highest BCUT2D eigenvalue weighted by atomic mass is 19.4. The monoisotopic (exact) mass is 717 g/mol. The van der Waals surface area contributed by atoms with E-state index in [4.69, 9.17) is 9.47 Å². The SMILES string of the molecule is CC1=C(O)C(=O)C=C2C1=CC=C1[C@@]2(C)CC[C@@]2(C)[C@@H]3C[C@](C)(C(=O)OCCOC(=O)/C(C#N)=C/c4ccc(C(F)(F)F)cc4)CC[C@]3(C)CC[C@]12C. The molecule has 1 aromatic rings. The Morgan fingerprint density at radius 2 is 1.62 bits per heavy atom. The molecule has 0 spiro atoms. The average molecular weight is 718 g/mol. The maximum atomic E-state index is 13.8. The predicted molar refractivity (Wildman–Crippen MR) is 188 cm³/mol. The number of hydrogen-bond acceptors (Lipinski definition) is 7. The lowest BCUT2D eigenvalue weighted by Crippen LogP contribution is -2.62. The molecule has 5 aliphatic carbocycles. The van der Waals surface area contributed by atoms with Gasteiger partial charge in [0, 0.05) is 11.0 Å². The molecule has 52 heavy (non-hydrogen) atoms. The van der Waals surface area contributed by atoms with Gasteiger partial charge in [0.05, 0.1) is 11.0 Å². The van der Waals surface area contributed by atoms with E-state index in [9.17, 15) is 37.9 Å². The molecule has 0 heterocycles. The van der Waals surface area contributed by atoms with Crippen LogP contribution in [0.3, 0.4) is 0 Å². The van der Waals surface area contributed by atoms with Crippen LogP contribution in [0.5, 0.6) is 0 Å². The Labute approximate surface area is 302 Å². The summed E-state index contributed by atoms with van der Waals surface area (Å²) in [6, 6.07) is 5.77. The summed E-state index contributed by atoms with van der Waals surface area (Å²) in [5.74, 6) is -1.66. The Bertz CT molecular complexity index is 1930. The number of alkyl halides is 3. The predicted octanol–water partition coefficient (Wildman–Crippen LogP) is 9.33.